The smallest absolute Gasteiger partial charge is 0.160 e. The Morgan fingerprint density at radius 2 is 1.85 bits per heavy atom. The Kier molecular flexibility index (Phi) is 4.20. The van der Waals surface area contributed by atoms with Crippen LogP contribution in [0, 0.1) is 17.8 Å². The lowest BCUT2D eigenvalue weighted by atomic mass is 9.77. The van der Waals surface area contributed by atoms with Gasteiger partial charge in [-0.25, -0.2) is 0 Å². The van der Waals surface area contributed by atoms with E-state index in [9.17, 15) is 0 Å². The molecule has 0 aliphatic carbocycles. The molecule has 0 bridgehead atoms. The second kappa shape index (κ2) is 4.97. The second-order valence-corrected chi connectivity index (χ2v) is 4.06. The maximum absolute atomic E-state index is 5.65. The van der Waals surface area contributed by atoms with Crippen LogP contribution in [0.15, 0.2) is 0 Å². The molecule has 0 spiro atoms. The molecule has 0 aromatic carbocycles. The van der Waals surface area contributed by atoms with E-state index in [4.69, 9.17) is 9.47 Å². The normalized spacial score (nSPS) is 40.6. The minimum Gasteiger partial charge on any atom is -0.356 e. The Balaban J connectivity index is 2.64. The zero-order chi connectivity index (χ0) is 9.84. The molecule has 1 heterocycles. The maximum Gasteiger partial charge on any atom is 0.160 e. The van der Waals surface area contributed by atoms with Crippen molar-refractivity contribution < 1.29 is 9.47 Å². The van der Waals surface area contributed by atoms with Gasteiger partial charge < -0.3 is 9.47 Å². The van der Waals surface area contributed by atoms with Gasteiger partial charge in [0.1, 0.15) is 0 Å². The van der Waals surface area contributed by atoms with Gasteiger partial charge in [0.25, 0.3) is 0 Å². The summed E-state index contributed by atoms with van der Waals surface area (Å²) in [5.74, 6) is 2.03. The number of methoxy groups -OCH3 is 1. The molecule has 0 aromatic heterocycles. The molecule has 0 radical (unpaired) electrons. The van der Waals surface area contributed by atoms with Crippen molar-refractivity contribution in [2.45, 2.75) is 39.9 Å². The molecule has 2 heteroatoms. The van der Waals surface area contributed by atoms with Crippen LogP contribution in [0.4, 0.5) is 0 Å². The van der Waals surface area contributed by atoms with Gasteiger partial charge in [0.15, 0.2) is 6.29 Å². The summed E-state index contributed by atoms with van der Waals surface area (Å²) < 4.78 is 11.0. The van der Waals surface area contributed by atoms with Gasteiger partial charge in [-0.2, -0.15) is 0 Å². The van der Waals surface area contributed by atoms with Crippen molar-refractivity contribution in [3.8, 4) is 0 Å². The number of ether oxygens (including phenoxy) is 2. The third-order valence-corrected chi connectivity index (χ3v) is 3.33. The summed E-state index contributed by atoms with van der Waals surface area (Å²) in [6.45, 7) is 7.62. The molecule has 0 N–H and O–H groups in total. The molecule has 1 saturated heterocycles. The van der Waals surface area contributed by atoms with Gasteiger partial charge in [-0.3, -0.25) is 0 Å². The van der Waals surface area contributed by atoms with Gasteiger partial charge in [-0.05, 0) is 18.3 Å². The van der Waals surface area contributed by atoms with Gasteiger partial charge in [-0.1, -0.05) is 27.2 Å². The van der Waals surface area contributed by atoms with Gasteiger partial charge >= 0.3 is 0 Å². The molecule has 2 unspecified atom stereocenters. The number of rotatable bonds is 3. The lowest BCUT2D eigenvalue weighted by Gasteiger charge is -2.40. The van der Waals surface area contributed by atoms with Crippen LogP contribution in [-0.2, 0) is 9.47 Å². The Hall–Kier alpha value is -0.0800. The van der Waals surface area contributed by atoms with Crippen molar-refractivity contribution in [1.82, 2.24) is 0 Å². The van der Waals surface area contributed by atoms with E-state index in [2.05, 4.69) is 20.8 Å². The highest BCUT2D eigenvalue weighted by Gasteiger charge is 2.36. The van der Waals surface area contributed by atoms with Gasteiger partial charge in [0.2, 0.25) is 0 Å². The van der Waals surface area contributed by atoms with Crippen molar-refractivity contribution in [3.05, 3.63) is 0 Å². The van der Waals surface area contributed by atoms with Crippen LogP contribution in [0.25, 0.3) is 0 Å². The highest BCUT2D eigenvalue weighted by molar-refractivity contribution is 4.79. The molecular formula is C11H22O2. The molecule has 1 aliphatic heterocycles. The third kappa shape index (κ3) is 2.23. The first-order chi connectivity index (χ1) is 6.24. The van der Waals surface area contributed by atoms with Gasteiger partial charge in [0, 0.05) is 13.0 Å². The van der Waals surface area contributed by atoms with Crippen LogP contribution >= 0.6 is 0 Å². The number of hydrogen-bond acceptors (Lipinski definition) is 2. The van der Waals surface area contributed by atoms with E-state index >= 15 is 0 Å². The minimum absolute atomic E-state index is 0.0335. The summed E-state index contributed by atoms with van der Waals surface area (Å²) >= 11 is 0. The molecule has 2 nitrogen and oxygen atoms in total. The Labute approximate surface area is 81.6 Å². The summed E-state index contributed by atoms with van der Waals surface area (Å²) in [7, 11) is 1.75. The van der Waals surface area contributed by atoms with E-state index in [0.717, 1.165) is 18.9 Å². The summed E-state index contributed by atoms with van der Waals surface area (Å²) in [5, 5.41) is 0. The van der Waals surface area contributed by atoms with E-state index in [1.807, 2.05) is 0 Å². The molecule has 0 aromatic rings. The summed E-state index contributed by atoms with van der Waals surface area (Å²) in [4.78, 5) is 0. The number of hydrogen-bond donors (Lipinski definition) is 0. The van der Waals surface area contributed by atoms with Crippen LogP contribution in [0.3, 0.4) is 0 Å². The lowest BCUT2D eigenvalue weighted by Crippen LogP contribution is -2.41. The van der Waals surface area contributed by atoms with Crippen LogP contribution in [-0.4, -0.2) is 20.0 Å². The first kappa shape index (κ1) is 11.0. The minimum atomic E-state index is 0.0335. The van der Waals surface area contributed by atoms with Gasteiger partial charge in [0.05, 0.1) is 6.61 Å². The summed E-state index contributed by atoms with van der Waals surface area (Å²) in [6, 6.07) is 0. The van der Waals surface area contributed by atoms with Crippen LogP contribution in [0.2, 0.25) is 0 Å². The standard InChI is InChI=1S/C11H22O2/c1-5-9-8(3)7-13-11(12-4)10(9)6-2/h8-11H,5-7H2,1-4H3/t8-,9?,10?,11-/m1/s1. The van der Waals surface area contributed by atoms with Crippen LogP contribution < -0.4 is 0 Å². The Morgan fingerprint density at radius 1 is 1.23 bits per heavy atom. The van der Waals surface area contributed by atoms with Gasteiger partial charge in [-0.15, -0.1) is 0 Å². The zero-order valence-corrected chi connectivity index (χ0v) is 9.25. The molecule has 0 amide bonds. The predicted octanol–water partition coefficient (Wildman–Crippen LogP) is 2.68. The Bertz CT molecular complexity index is 147. The average molecular weight is 186 g/mol. The summed E-state index contributed by atoms with van der Waals surface area (Å²) in [5.41, 5.74) is 0. The van der Waals surface area contributed by atoms with E-state index < -0.39 is 0 Å². The fourth-order valence-electron chi connectivity index (χ4n) is 2.56. The fourth-order valence-corrected chi connectivity index (χ4v) is 2.56. The molecule has 1 aliphatic rings. The van der Waals surface area contributed by atoms with E-state index in [0.29, 0.717) is 11.8 Å². The monoisotopic (exact) mass is 186 g/mol. The van der Waals surface area contributed by atoms with Crippen molar-refractivity contribution in [1.29, 1.82) is 0 Å². The molecule has 13 heavy (non-hydrogen) atoms. The van der Waals surface area contributed by atoms with Crippen molar-refractivity contribution in [3.63, 3.8) is 0 Å². The fraction of sp³-hybridized carbons (Fsp3) is 1.00. The van der Waals surface area contributed by atoms with Crippen molar-refractivity contribution >= 4 is 0 Å². The van der Waals surface area contributed by atoms with E-state index in [1.165, 1.54) is 6.42 Å². The van der Waals surface area contributed by atoms with E-state index in [1.54, 1.807) is 7.11 Å². The molecule has 1 rings (SSSR count). The molecule has 78 valence electrons. The second-order valence-electron chi connectivity index (χ2n) is 4.06. The highest BCUT2D eigenvalue weighted by Crippen LogP contribution is 2.35. The third-order valence-electron chi connectivity index (χ3n) is 3.33. The molecule has 4 atom stereocenters. The molecular weight excluding hydrogens is 164 g/mol. The lowest BCUT2D eigenvalue weighted by molar-refractivity contribution is -0.211. The van der Waals surface area contributed by atoms with Crippen molar-refractivity contribution in [2.24, 2.45) is 17.8 Å². The molecule has 1 fully saturated rings. The highest BCUT2D eigenvalue weighted by atomic mass is 16.7. The first-order valence-electron chi connectivity index (χ1n) is 5.38. The predicted molar refractivity (Wildman–Crippen MR) is 53.5 cm³/mol. The van der Waals surface area contributed by atoms with Crippen LogP contribution in [0.5, 0.6) is 0 Å². The zero-order valence-electron chi connectivity index (χ0n) is 9.25. The van der Waals surface area contributed by atoms with Crippen LogP contribution in [0.1, 0.15) is 33.6 Å². The maximum atomic E-state index is 5.65. The quantitative estimate of drug-likeness (QED) is 0.674. The summed E-state index contributed by atoms with van der Waals surface area (Å²) in [6.07, 6.45) is 2.43. The largest absolute Gasteiger partial charge is 0.356 e. The first-order valence-corrected chi connectivity index (χ1v) is 5.38. The topological polar surface area (TPSA) is 18.5 Å². The van der Waals surface area contributed by atoms with Crippen molar-refractivity contribution in [2.75, 3.05) is 13.7 Å². The van der Waals surface area contributed by atoms with E-state index in [-0.39, 0.29) is 6.29 Å². The molecule has 0 saturated carbocycles. The Morgan fingerprint density at radius 3 is 2.31 bits per heavy atom. The average Bonchev–Trinajstić information content (AvgIpc) is 2.17. The SMILES string of the molecule is CCC1C(CC)[C@H](C)CO[C@H]1OC.